The maximum absolute atomic E-state index is 12.9. The van der Waals surface area contributed by atoms with Crippen LogP contribution in [0.1, 0.15) is 5.56 Å². The molecule has 0 aromatic heterocycles. The number of benzene rings is 2. The highest BCUT2D eigenvalue weighted by Gasteiger charge is 2.18. The first kappa shape index (κ1) is 19.3. The van der Waals surface area contributed by atoms with Crippen molar-refractivity contribution in [3.8, 4) is 5.75 Å². The van der Waals surface area contributed by atoms with E-state index in [-0.39, 0.29) is 11.7 Å². The van der Waals surface area contributed by atoms with Crippen LogP contribution in [0.25, 0.3) is 0 Å². The van der Waals surface area contributed by atoms with Gasteiger partial charge in [0.1, 0.15) is 18.2 Å². The maximum Gasteiger partial charge on any atom is 0.238 e. The van der Waals surface area contributed by atoms with E-state index in [1.165, 1.54) is 17.7 Å². The average Bonchev–Trinajstić information content (AvgIpc) is 2.65. The molecule has 6 heteroatoms. The van der Waals surface area contributed by atoms with Crippen LogP contribution in [0.4, 0.5) is 10.1 Å². The Morgan fingerprint density at radius 2 is 1.78 bits per heavy atom. The fourth-order valence-corrected chi connectivity index (χ4v) is 3.11. The molecule has 0 saturated carbocycles. The van der Waals surface area contributed by atoms with Crippen molar-refractivity contribution in [3.05, 3.63) is 59.9 Å². The van der Waals surface area contributed by atoms with Crippen LogP contribution in [0.3, 0.4) is 0 Å². The van der Waals surface area contributed by atoms with E-state index in [2.05, 4.69) is 28.1 Å². The average molecular weight is 371 g/mol. The molecule has 0 atom stereocenters. The van der Waals surface area contributed by atoms with Crippen molar-refractivity contribution in [1.82, 2.24) is 9.80 Å². The zero-order chi connectivity index (χ0) is 19.1. The van der Waals surface area contributed by atoms with Crippen LogP contribution in [0.2, 0.25) is 0 Å². The summed E-state index contributed by atoms with van der Waals surface area (Å²) in [6, 6.07) is 13.9. The number of nitrogens with one attached hydrogen (secondary N) is 1. The van der Waals surface area contributed by atoms with Crippen LogP contribution < -0.4 is 10.1 Å². The number of amides is 1. The van der Waals surface area contributed by atoms with Crippen molar-refractivity contribution in [2.75, 3.05) is 51.2 Å². The Labute approximate surface area is 159 Å². The second kappa shape index (κ2) is 9.48. The lowest BCUT2D eigenvalue weighted by Gasteiger charge is -2.34. The van der Waals surface area contributed by atoms with E-state index in [9.17, 15) is 9.18 Å². The van der Waals surface area contributed by atoms with E-state index < -0.39 is 0 Å². The van der Waals surface area contributed by atoms with Gasteiger partial charge in [-0.1, -0.05) is 12.1 Å². The topological polar surface area (TPSA) is 44.8 Å². The molecule has 3 rings (SSSR count). The zero-order valence-corrected chi connectivity index (χ0v) is 15.7. The van der Waals surface area contributed by atoms with Gasteiger partial charge in [0.2, 0.25) is 5.91 Å². The number of carbonyl (C=O) groups excluding carboxylic acids is 1. The Hall–Kier alpha value is -2.44. The third-order valence-electron chi connectivity index (χ3n) is 4.63. The first-order valence-electron chi connectivity index (χ1n) is 9.28. The molecule has 5 nitrogen and oxygen atoms in total. The predicted molar refractivity (Wildman–Crippen MR) is 105 cm³/mol. The summed E-state index contributed by atoms with van der Waals surface area (Å²) in [6.45, 7) is 7.48. The van der Waals surface area contributed by atoms with Crippen LogP contribution in [0.5, 0.6) is 5.75 Å². The minimum Gasteiger partial charge on any atom is -0.492 e. The number of nitrogens with zero attached hydrogens (tertiary/aromatic N) is 2. The minimum absolute atomic E-state index is 0.0714. The number of ether oxygens (including phenoxy) is 1. The van der Waals surface area contributed by atoms with Gasteiger partial charge in [0.15, 0.2) is 0 Å². The molecular formula is C21H26FN3O2. The quantitative estimate of drug-likeness (QED) is 0.813. The summed E-state index contributed by atoms with van der Waals surface area (Å²) in [5.41, 5.74) is 1.81. The smallest absolute Gasteiger partial charge is 0.238 e. The number of carbonyl (C=O) groups is 1. The Morgan fingerprint density at radius 3 is 2.48 bits per heavy atom. The molecule has 2 aromatic carbocycles. The summed E-state index contributed by atoms with van der Waals surface area (Å²) >= 11 is 0. The Morgan fingerprint density at radius 1 is 1.07 bits per heavy atom. The van der Waals surface area contributed by atoms with Gasteiger partial charge in [-0.05, 0) is 48.9 Å². The van der Waals surface area contributed by atoms with E-state index in [0.717, 1.165) is 38.5 Å². The van der Waals surface area contributed by atoms with Gasteiger partial charge >= 0.3 is 0 Å². The fourth-order valence-electron chi connectivity index (χ4n) is 3.11. The highest BCUT2D eigenvalue weighted by Crippen LogP contribution is 2.12. The Bertz CT molecular complexity index is 743. The molecule has 1 N–H and O–H groups in total. The van der Waals surface area contributed by atoms with Crippen molar-refractivity contribution in [2.24, 2.45) is 0 Å². The molecule has 1 heterocycles. The normalized spacial score (nSPS) is 15.5. The van der Waals surface area contributed by atoms with E-state index in [0.29, 0.717) is 18.8 Å². The van der Waals surface area contributed by atoms with Crippen molar-refractivity contribution >= 4 is 11.6 Å². The molecule has 1 aliphatic rings. The molecule has 1 aliphatic heterocycles. The molecule has 0 aliphatic carbocycles. The summed E-state index contributed by atoms with van der Waals surface area (Å²) in [6.07, 6.45) is 0. The molecule has 1 saturated heterocycles. The fraction of sp³-hybridized carbons (Fsp3) is 0.381. The predicted octanol–water partition coefficient (Wildman–Crippen LogP) is 2.77. The van der Waals surface area contributed by atoms with Crippen LogP contribution in [-0.4, -0.2) is 61.6 Å². The highest BCUT2D eigenvalue weighted by atomic mass is 19.1. The Kier molecular flexibility index (Phi) is 6.79. The lowest BCUT2D eigenvalue weighted by atomic mass is 10.2. The van der Waals surface area contributed by atoms with Crippen molar-refractivity contribution < 1.29 is 13.9 Å². The Balaban J connectivity index is 1.33. The third-order valence-corrected chi connectivity index (χ3v) is 4.63. The lowest BCUT2D eigenvalue weighted by Crippen LogP contribution is -2.49. The number of piperazine rings is 1. The second-order valence-corrected chi connectivity index (χ2v) is 6.84. The van der Waals surface area contributed by atoms with Gasteiger partial charge < -0.3 is 10.1 Å². The van der Waals surface area contributed by atoms with Crippen LogP contribution >= 0.6 is 0 Å². The largest absolute Gasteiger partial charge is 0.492 e. The molecule has 27 heavy (non-hydrogen) atoms. The SMILES string of the molecule is Cc1cccc(OCCN2CCN(CC(=O)Nc3ccc(F)cc3)CC2)c1. The molecule has 144 valence electrons. The van der Waals surface area contributed by atoms with Gasteiger partial charge in [-0.15, -0.1) is 0 Å². The van der Waals surface area contributed by atoms with E-state index >= 15 is 0 Å². The summed E-state index contributed by atoms with van der Waals surface area (Å²) in [5, 5.41) is 2.80. The lowest BCUT2D eigenvalue weighted by molar-refractivity contribution is -0.117. The van der Waals surface area contributed by atoms with E-state index in [1.807, 2.05) is 18.2 Å². The molecule has 2 aromatic rings. The molecule has 1 fully saturated rings. The summed E-state index contributed by atoms with van der Waals surface area (Å²) in [5.74, 6) is 0.527. The molecule has 0 radical (unpaired) electrons. The molecule has 0 unspecified atom stereocenters. The van der Waals surface area contributed by atoms with Crippen molar-refractivity contribution in [2.45, 2.75) is 6.92 Å². The number of hydrogen-bond acceptors (Lipinski definition) is 4. The molecule has 0 bridgehead atoms. The van der Waals surface area contributed by atoms with Gasteiger partial charge in [0.25, 0.3) is 0 Å². The maximum atomic E-state index is 12.9. The first-order chi connectivity index (χ1) is 13.1. The third kappa shape index (κ3) is 6.34. The van der Waals surface area contributed by atoms with Gasteiger partial charge in [0.05, 0.1) is 6.54 Å². The van der Waals surface area contributed by atoms with Crippen LogP contribution in [0.15, 0.2) is 48.5 Å². The van der Waals surface area contributed by atoms with Gasteiger partial charge in [0, 0.05) is 38.4 Å². The van der Waals surface area contributed by atoms with Crippen molar-refractivity contribution in [1.29, 1.82) is 0 Å². The number of anilines is 1. The molecular weight excluding hydrogens is 345 g/mol. The first-order valence-corrected chi connectivity index (χ1v) is 9.28. The standard InChI is InChI=1S/C21H26FN3O2/c1-17-3-2-4-20(15-17)27-14-13-24-9-11-25(12-10-24)16-21(26)23-19-7-5-18(22)6-8-19/h2-8,15H,9-14,16H2,1H3,(H,23,26). The number of aryl methyl sites for hydroxylation is 1. The summed E-state index contributed by atoms with van der Waals surface area (Å²) in [4.78, 5) is 16.6. The summed E-state index contributed by atoms with van der Waals surface area (Å²) < 4.78 is 18.7. The highest BCUT2D eigenvalue weighted by molar-refractivity contribution is 5.92. The number of halogens is 1. The van der Waals surface area contributed by atoms with Crippen molar-refractivity contribution in [3.63, 3.8) is 0 Å². The summed E-state index contributed by atoms with van der Waals surface area (Å²) in [7, 11) is 0. The molecule has 0 spiro atoms. The van der Waals surface area contributed by atoms with Gasteiger partial charge in [-0.2, -0.15) is 0 Å². The van der Waals surface area contributed by atoms with Gasteiger partial charge in [-0.25, -0.2) is 4.39 Å². The van der Waals surface area contributed by atoms with E-state index in [1.54, 1.807) is 12.1 Å². The number of rotatable bonds is 7. The van der Waals surface area contributed by atoms with Crippen LogP contribution in [0, 0.1) is 12.7 Å². The molecule has 1 amide bonds. The zero-order valence-electron chi connectivity index (χ0n) is 15.7. The minimum atomic E-state index is -0.310. The second-order valence-electron chi connectivity index (χ2n) is 6.84. The monoisotopic (exact) mass is 371 g/mol. The van der Waals surface area contributed by atoms with E-state index in [4.69, 9.17) is 4.74 Å². The van der Waals surface area contributed by atoms with Gasteiger partial charge in [-0.3, -0.25) is 14.6 Å². The number of hydrogen-bond donors (Lipinski definition) is 1. The van der Waals surface area contributed by atoms with Crippen LogP contribution in [-0.2, 0) is 4.79 Å².